The number of aromatic nitrogens is 2. The van der Waals surface area contributed by atoms with E-state index in [-0.39, 0.29) is 5.82 Å². The van der Waals surface area contributed by atoms with Crippen LogP contribution in [0, 0.1) is 0 Å². The smallest absolute Gasteiger partial charge is 0.351 e. The van der Waals surface area contributed by atoms with Gasteiger partial charge in [-0.15, -0.1) is 0 Å². The Labute approximate surface area is 111 Å². The van der Waals surface area contributed by atoms with Crippen LogP contribution in [0.1, 0.15) is 6.23 Å². The van der Waals surface area contributed by atoms with Crippen LogP contribution in [0.4, 0.5) is 14.6 Å². The van der Waals surface area contributed by atoms with Gasteiger partial charge in [-0.05, 0) is 6.07 Å². The van der Waals surface area contributed by atoms with Crippen molar-refractivity contribution in [2.75, 3.05) is 12.3 Å². The van der Waals surface area contributed by atoms with Crippen LogP contribution in [0.25, 0.3) is 0 Å². The fourth-order valence-corrected chi connectivity index (χ4v) is 2.03. The van der Waals surface area contributed by atoms with Crippen LogP contribution in [0.15, 0.2) is 17.1 Å². The van der Waals surface area contributed by atoms with Crippen molar-refractivity contribution in [1.29, 1.82) is 0 Å². The van der Waals surface area contributed by atoms with Crippen LogP contribution in [0.5, 0.6) is 0 Å². The molecule has 5 N–H and O–H groups in total. The summed E-state index contributed by atoms with van der Waals surface area (Å²) in [6.45, 7) is -1.23. The van der Waals surface area contributed by atoms with Gasteiger partial charge in [0.1, 0.15) is 18.0 Å². The summed E-state index contributed by atoms with van der Waals surface area (Å²) in [4.78, 5) is 15.0. The first-order chi connectivity index (χ1) is 9.33. The monoisotopic (exact) mass is 293 g/mol. The highest BCUT2D eigenvalue weighted by Crippen LogP contribution is 2.40. The number of hydrogen-bond acceptors (Lipinski definition) is 7. The zero-order chi connectivity index (χ0) is 15.1. The highest BCUT2D eigenvalue weighted by atomic mass is 19.3. The second-order valence-corrected chi connectivity index (χ2v) is 4.40. The molecule has 0 radical (unpaired) electrons. The Kier molecular flexibility index (Phi) is 3.73. The summed E-state index contributed by atoms with van der Waals surface area (Å²) in [6.07, 6.45) is -7.68. The third kappa shape index (κ3) is 2.06. The van der Waals surface area contributed by atoms with Gasteiger partial charge in [0.15, 0.2) is 11.8 Å². The lowest BCUT2D eigenvalue weighted by Gasteiger charge is -2.28. The minimum Gasteiger partial charge on any atom is -0.393 e. The second-order valence-electron chi connectivity index (χ2n) is 4.40. The van der Waals surface area contributed by atoms with Gasteiger partial charge in [0, 0.05) is 6.20 Å². The van der Waals surface area contributed by atoms with E-state index in [1.807, 2.05) is 0 Å². The SMILES string of the molecule is Nc1ccn([C@@H]2O[C@@](CO)(C(F)F)[C@@H](O)[C@H]2O)c(=O)n1. The minimum absolute atomic E-state index is 0.0958. The Morgan fingerprint density at radius 3 is 2.65 bits per heavy atom. The van der Waals surface area contributed by atoms with Crippen LogP contribution in [0.3, 0.4) is 0 Å². The highest BCUT2D eigenvalue weighted by Gasteiger charge is 2.60. The maximum atomic E-state index is 13.0. The number of anilines is 1. The van der Waals surface area contributed by atoms with E-state index in [2.05, 4.69) is 4.98 Å². The van der Waals surface area contributed by atoms with Gasteiger partial charge in [-0.25, -0.2) is 13.6 Å². The van der Waals surface area contributed by atoms with Crippen LogP contribution in [0.2, 0.25) is 0 Å². The number of alkyl halides is 2. The molecule has 1 aliphatic rings. The second kappa shape index (κ2) is 5.05. The third-order valence-electron chi connectivity index (χ3n) is 3.20. The van der Waals surface area contributed by atoms with Gasteiger partial charge in [-0.2, -0.15) is 4.98 Å². The van der Waals surface area contributed by atoms with E-state index >= 15 is 0 Å². The minimum atomic E-state index is -3.26. The largest absolute Gasteiger partial charge is 0.393 e. The number of rotatable bonds is 3. The Hall–Kier alpha value is -1.62. The van der Waals surface area contributed by atoms with Gasteiger partial charge in [0.2, 0.25) is 0 Å². The van der Waals surface area contributed by atoms with Gasteiger partial charge < -0.3 is 25.8 Å². The van der Waals surface area contributed by atoms with Crippen molar-refractivity contribution in [3.63, 3.8) is 0 Å². The molecule has 1 aromatic heterocycles. The first-order valence-corrected chi connectivity index (χ1v) is 5.61. The molecular weight excluding hydrogens is 280 g/mol. The summed E-state index contributed by atoms with van der Waals surface area (Å²) in [7, 11) is 0. The molecular formula is C10H13F2N3O5. The summed E-state index contributed by atoms with van der Waals surface area (Å²) in [6, 6.07) is 1.20. The quantitative estimate of drug-likeness (QED) is 0.510. The van der Waals surface area contributed by atoms with Crippen LogP contribution >= 0.6 is 0 Å². The van der Waals surface area contributed by atoms with Crippen LogP contribution in [-0.2, 0) is 4.74 Å². The molecule has 1 aliphatic heterocycles. The zero-order valence-electron chi connectivity index (χ0n) is 10.1. The Bertz CT molecular complexity index is 554. The fourth-order valence-electron chi connectivity index (χ4n) is 2.03. The Balaban J connectivity index is 2.42. The molecule has 20 heavy (non-hydrogen) atoms. The number of hydrogen-bond donors (Lipinski definition) is 4. The molecule has 10 heteroatoms. The maximum absolute atomic E-state index is 13.0. The van der Waals surface area contributed by atoms with Crippen molar-refractivity contribution in [2.45, 2.75) is 30.5 Å². The molecule has 1 saturated heterocycles. The van der Waals surface area contributed by atoms with Gasteiger partial charge in [-0.3, -0.25) is 4.57 Å². The average molecular weight is 293 g/mol. The molecule has 0 saturated carbocycles. The first kappa shape index (κ1) is 14.8. The molecule has 8 nitrogen and oxygen atoms in total. The topological polar surface area (TPSA) is 131 Å². The van der Waals surface area contributed by atoms with E-state index in [9.17, 15) is 23.8 Å². The van der Waals surface area contributed by atoms with Gasteiger partial charge >= 0.3 is 5.69 Å². The fraction of sp³-hybridized carbons (Fsp3) is 0.600. The average Bonchev–Trinajstić information content (AvgIpc) is 2.64. The number of nitrogen functional groups attached to an aromatic ring is 1. The van der Waals surface area contributed by atoms with Crippen molar-refractivity contribution in [2.24, 2.45) is 0 Å². The van der Waals surface area contributed by atoms with E-state index in [4.69, 9.17) is 15.6 Å². The van der Waals surface area contributed by atoms with Crippen LogP contribution in [-0.4, -0.2) is 55.7 Å². The molecule has 1 fully saturated rings. The molecule has 0 bridgehead atoms. The highest BCUT2D eigenvalue weighted by molar-refractivity contribution is 5.23. The predicted octanol–water partition coefficient (Wildman–Crippen LogP) is -1.93. The molecule has 112 valence electrons. The normalized spacial score (nSPS) is 33.8. The van der Waals surface area contributed by atoms with Gasteiger partial charge in [0.25, 0.3) is 6.43 Å². The van der Waals surface area contributed by atoms with Crippen molar-refractivity contribution in [1.82, 2.24) is 9.55 Å². The van der Waals surface area contributed by atoms with Gasteiger partial charge in [-0.1, -0.05) is 0 Å². The molecule has 0 aliphatic carbocycles. The van der Waals surface area contributed by atoms with Gasteiger partial charge in [0.05, 0.1) is 6.61 Å². The lowest BCUT2D eigenvalue weighted by molar-refractivity contribution is -0.195. The molecule has 1 aromatic rings. The Morgan fingerprint density at radius 2 is 2.20 bits per heavy atom. The van der Waals surface area contributed by atoms with Crippen molar-refractivity contribution in [3.8, 4) is 0 Å². The maximum Gasteiger partial charge on any atom is 0.351 e. The number of halogens is 2. The molecule has 0 spiro atoms. The molecule has 0 aromatic carbocycles. The summed E-state index contributed by atoms with van der Waals surface area (Å²) >= 11 is 0. The summed E-state index contributed by atoms with van der Waals surface area (Å²) in [5.41, 5.74) is 1.68. The van der Waals surface area contributed by atoms with E-state index in [1.165, 1.54) is 6.07 Å². The number of aliphatic hydroxyl groups is 3. The summed E-state index contributed by atoms with van der Waals surface area (Å²) < 4.78 is 31.6. The van der Waals surface area contributed by atoms with Crippen LogP contribution < -0.4 is 11.4 Å². The van der Waals surface area contributed by atoms with Crippen molar-refractivity contribution < 1.29 is 28.8 Å². The summed E-state index contributed by atoms with van der Waals surface area (Å²) in [5, 5.41) is 28.5. The van der Waals surface area contributed by atoms with E-state index < -0.39 is 42.8 Å². The number of ether oxygens (including phenoxy) is 1. The van der Waals surface area contributed by atoms with Crippen molar-refractivity contribution >= 4 is 5.82 Å². The van der Waals surface area contributed by atoms with E-state index in [0.29, 0.717) is 4.57 Å². The standard InChI is InChI=1S/C10H13F2N3O5/c11-8(12)10(3-16)6(18)5(17)7(20-10)15-2-1-4(13)14-9(15)19/h1-2,5-8,16-18H,3H2,(H2,13,14,19)/t5-,6+,7-,10-/m1/s1. The van der Waals surface area contributed by atoms with E-state index in [0.717, 1.165) is 6.20 Å². The number of nitrogens with zero attached hydrogens (tertiary/aromatic N) is 2. The first-order valence-electron chi connectivity index (χ1n) is 5.61. The lowest BCUT2D eigenvalue weighted by Crippen LogP contribution is -2.52. The summed E-state index contributed by atoms with van der Waals surface area (Å²) in [5.74, 6) is -0.0958. The molecule has 2 heterocycles. The molecule has 0 amide bonds. The predicted molar refractivity (Wildman–Crippen MR) is 60.9 cm³/mol. The Morgan fingerprint density at radius 1 is 1.55 bits per heavy atom. The molecule has 4 atom stereocenters. The van der Waals surface area contributed by atoms with E-state index in [1.54, 1.807) is 0 Å². The zero-order valence-corrected chi connectivity index (χ0v) is 10.1. The molecule has 0 unspecified atom stereocenters. The lowest BCUT2D eigenvalue weighted by atomic mass is 9.96. The molecule has 2 rings (SSSR count). The third-order valence-corrected chi connectivity index (χ3v) is 3.20. The van der Waals surface area contributed by atoms with Crippen molar-refractivity contribution in [3.05, 3.63) is 22.7 Å². The number of aliphatic hydroxyl groups excluding tert-OH is 3. The number of nitrogens with two attached hydrogens (primary N) is 1.